The number of benzene rings is 1. The summed E-state index contributed by atoms with van der Waals surface area (Å²) in [5.74, 6) is -3.27. The lowest BCUT2D eigenvalue weighted by Gasteiger charge is -2.36. The monoisotopic (exact) mass is 480 g/mol. The quantitative estimate of drug-likeness (QED) is 0.654. The molecule has 4 rings (SSSR count). The summed E-state index contributed by atoms with van der Waals surface area (Å²) in [4.78, 5) is 12.5. The number of allylic oxidation sites excluding steroid dienone is 4. The number of ketones is 1. The van der Waals surface area contributed by atoms with Crippen LogP contribution in [0.1, 0.15) is 36.8 Å². The minimum atomic E-state index is -2.63. The highest BCUT2D eigenvalue weighted by Crippen LogP contribution is 2.37. The van der Waals surface area contributed by atoms with Crippen LogP contribution in [0.2, 0.25) is 0 Å². The molecule has 1 fully saturated rings. The third-order valence-electron chi connectivity index (χ3n) is 6.41. The van der Waals surface area contributed by atoms with Crippen LogP contribution in [0.4, 0.5) is 13.2 Å². The van der Waals surface area contributed by atoms with E-state index in [1.807, 2.05) is 24.3 Å². The predicted molar refractivity (Wildman–Crippen MR) is 122 cm³/mol. The molecule has 1 aromatic rings. The third-order valence-corrected chi connectivity index (χ3v) is 7.27. The summed E-state index contributed by atoms with van der Waals surface area (Å²) in [6, 6.07) is 7.46. The van der Waals surface area contributed by atoms with Gasteiger partial charge in [-0.15, -0.1) is 11.8 Å². The number of thioether (sulfide) groups is 1. The second-order valence-electron chi connectivity index (χ2n) is 8.75. The van der Waals surface area contributed by atoms with Crippen molar-refractivity contribution in [3.8, 4) is 0 Å². The van der Waals surface area contributed by atoms with Gasteiger partial charge in [-0.3, -0.25) is 4.79 Å². The van der Waals surface area contributed by atoms with E-state index in [1.165, 1.54) is 11.8 Å². The number of hydrogen-bond donors (Lipinski definition) is 2. The molecule has 0 radical (unpaired) electrons. The highest BCUT2D eigenvalue weighted by molar-refractivity contribution is 7.99. The van der Waals surface area contributed by atoms with Crippen molar-refractivity contribution in [3.05, 3.63) is 64.8 Å². The van der Waals surface area contributed by atoms with E-state index < -0.39 is 41.6 Å². The van der Waals surface area contributed by atoms with Crippen LogP contribution in [-0.4, -0.2) is 58.1 Å². The van der Waals surface area contributed by atoms with E-state index in [9.17, 15) is 28.2 Å². The number of ether oxygens (including phenoxy) is 1. The molecule has 8 heteroatoms. The highest BCUT2D eigenvalue weighted by atomic mass is 32.2. The van der Waals surface area contributed by atoms with Crippen molar-refractivity contribution in [1.29, 1.82) is 0 Å². The number of halogens is 3. The van der Waals surface area contributed by atoms with Gasteiger partial charge in [-0.25, -0.2) is 13.2 Å². The summed E-state index contributed by atoms with van der Waals surface area (Å²) < 4.78 is 47.2. The molecule has 1 aromatic carbocycles. The maximum absolute atomic E-state index is 14.7. The summed E-state index contributed by atoms with van der Waals surface area (Å²) in [5, 5.41) is 20.1. The third kappa shape index (κ3) is 5.29. The number of carbonyl (C=O) groups excluding carboxylic acids is 1. The van der Waals surface area contributed by atoms with Crippen molar-refractivity contribution < 1.29 is 32.9 Å². The molecule has 2 aliphatic carbocycles. The average molecular weight is 481 g/mol. The number of alkyl halides is 3. The summed E-state index contributed by atoms with van der Waals surface area (Å²) in [7, 11) is 0. The van der Waals surface area contributed by atoms with Crippen molar-refractivity contribution in [2.24, 2.45) is 0 Å². The zero-order valence-corrected chi connectivity index (χ0v) is 19.0. The molecule has 0 saturated carbocycles. The summed E-state index contributed by atoms with van der Waals surface area (Å²) >= 11 is 1.19. The van der Waals surface area contributed by atoms with Crippen molar-refractivity contribution in [2.75, 3.05) is 6.26 Å². The van der Waals surface area contributed by atoms with Crippen LogP contribution in [0.3, 0.4) is 0 Å². The van der Waals surface area contributed by atoms with Gasteiger partial charge in [-0.1, -0.05) is 42.5 Å². The van der Waals surface area contributed by atoms with E-state index >= 15 is 0 Å². The van der Waals surface area contributed by atoms with E-state index in [2.05, 4.69) is 0 Å². The van der Waals surface area contributed by atoms with Gasteiger partial charge < -0.3 is 14.9 Å². The molecule has 1 aliphatic heterocycles. The van der Waals surface area contributed by atoms with Gasteiger partial charge in [0.05, 0.1) is 0 Å². The Kier molecular flexibility index (Phi) is 7.19. The van der Waals surface area contributed by atoms with Gasteiger partial charge in [0.25, 0.3) is 5.92 Å². The molecule has 2 unspecified atom stereocenters. The van der Waals surface area contributed by atoms with Crippen molar-refractivity contribution in [3.63, 3.8) is 0 Å². The van der Waals surface area contributed by atoms with Crippen LogP contribution in [-0.2, 0) is 16.0 Å². The van der Waals surface area contributed by atoms with Crippen molar-refractivity contribution in [1.82, 2.24) is 0 Å². The summed E-state index contributed by atoms with van der Waals surface area (Å²) in [6.07, 6.45) is 1.73. The second kappa shape index (κ2) is 9.78. The topological polar surface area (TPSA) is 66.8 Å². The zero-order chi connectivity index (χ0) is 23.8. The molecule has 1 saturated heterocycles. The number of aliphatic hydroxyl groups is 2. The van der Waals surface area contributed by atoms with Gasteiger partial charge >= 0.3 is 0 Å². The SMILES string of the molecule is CS[C@H]1OC(C2=CCC(F)C(Cc3ccc(C4=CCC(F)(F)CC4)cc3)=C2)C(=O)[C@@H](O)[C@@H]1O. The van der Waals surface area contributed by atoms with Crippen LogP contribution in [0.15, 0.2) is 53.6 Å². The molecule has 4 nitrogen and oxygen atoms in total. The maximum Gasteiger partial charge on any atom is 0.251 e. The Morgan fingerprint density at radius 3 is 2.55 bits per heavy atom. The molecule has 0 spiro atoms. The van der Waals surface area contributed by atoms with Gasteiger partial charge in [-0.2, -0.15) is 0 Å². The first-order valence-corrected chi connectivity index (χ1v) is 12.3. The lowest BCUT2D eigenvalue weighted by molar-refractivity contribution is -0.164. The maximum atomic E-state index is 14.7. The summed E-state index contributed by atoms with van der Waals surface area (Å²) in [6.45, 7) is 0. The first-order chi connectivity index (χ1) is 15.7. The summed E-state index contributed by atoms with van der Waals surface area (Å²) in [5.41, 5.74) is 2.87. The zero-order valence-electron chi connectivity index (χ0n) is 18.2. The largest absolute Gasteiger partial charge is 0.386 e. The molecule has 5 atom stereocenters. The van der Waals surface area contributed by atoms with Gasteiger partial charge in [0.15, 0.2) is 5.78 Å². The lowest BCUT2D eigenvalue weighted by atomic mass is 9.87. The molecule has 2 N–H and O–H groups in total. The lowest BCUT2D eigenvalue weighted by Crippen LogP contribution is -2.54. The van der Waals surface area contributed by atoms with Crippen LogP contribution in [0, 0.1) is 0 Å². The van der Waals surface area contributed by atoms with E-state index in [0.717, 1.165) is 16.7 Å². The Bertz CT molecular complexity index is 986. The fourth-order valence-electron chi connectivity index (χ4n) is 4.42. The molecule has 0 amide bonds. The second-order valence-corrected chi connectivity index (χ2v) is 9.68. The predicted octanol–water partition coefficient (Wildman–Crippen LogP) is 4.41. The number of carbonyl (C=O) groups is 1. The van der Waals surface area contributed by atoms with E-state index in [0.29, 0.717) is 24.0 Å². The number of aliphatic hydroxyl groups excluding tert-OH is 2. The Morgan fingerprint density at radius 1 is 1.18 bits per heavy atom. The van der Waals surface area contributed by atoms with Crippen LogP contribution in [0.5, 0.6) is 0 Å². The smallest absolute Gasteiger partial charge is 0.251 e. The molecule has 3 aliphatic rings. The standard InChI is InChI=1S/C25H27F3O4S/c1-33-24-22(31)20(29)21(30)23(32-24)17-6-7-19(26)18(13-17)12-14-2-4-15(5-3-14)16-8-10-25(27,28)11-9-16/h2-6,8,13,19-20,22-24,29,31H,7,9-12H2,1H3/t19?,20-,22+,23?,24-/m1/s1. The molecular formula is C25H27F3O4S. The molecule has 0 bridgehead atoms. The molecule has 1 heterocycles. The van der Waals surface area contributed by atoms with Gasteiger partial charge in [0, 0.05) is 19.3 Å². The first-order valence-electron chi connectivity index (χ1n) is 11.0. The van der Waals surface area contributed by atoms with Crippen LogP contribution < -0.4 is 0 Å². The fourth-order valence-corrected chi connectivity index (χ4v) is 5.07. The molecule has 178 valence electrons. The van der Waals surface area contributed by atoms with Crippen LogP contribution in [0.25, 0.3) is 5.57 Å². The van der Waals surface area contributed by atoms with E-state index in [1.54, 1.807) is 24.5 Å². The highest BCUT2D eigenvalue weighted by Gasteiger charge is 2.44. The molecule has 0 aromatic heterocycles. The minimum Gasteiger partial charge on any atom is -0.386 e. The Hall–Kier alpha value is -1.87. The van der Waals surface area contributed by atoms with Crippen LogP contribution >= 0.6 is 11.8 Å². The number of hydrogen-bond acceptors (Lipinski definition) is 5. The van der Waals surface area contributed by atoms with Gasteiger partial charge in [0.2, 0.25) is 0 Å². The normalized spacial score (nSPS) is 32.1. The Balaban J connectivity index is 1.48. The minimum absolute atomic E-state index is 0.0933. The van der Waals surface area contributed by atoms with E-state index in [4.69, 9.17) is 4.74 Å². The Labute approximate surface area is 195 Å². The fraction of sp³-hybridized carbons (Fsp3) is 0.480. The number of Topliss-reactive ketones (excluding diaryl/α,β-unsaturated/α-hetero) is 1. The van der Waals surface area contributed by atoms with Gasteiger partial charge in [0.1, 0.15) is 29.9 Å². The number of rotatable bonds is 5. The van der Waals surface area contributed by atoms with Crippen molar-refractivity contribution >= 4 is 23.1 Å². The van der Waals surface area contributed by atoms with E-state index in [-0.39, 0.29) is 19.3 Å². The van der Waals surface area contributed by atoms with Crippen molar-refractivity contribution in [2.45, 2.75) is 67.9 Å². The van der Waals surface area contributed by atoms with Gasteiger partial charge in [-0.05, 0) is 46.9 Å². The first kappa shape index (κ1) is 24.3. The average Bonchev–Trinajstić information content (AvgIpc) is 2.80. The Morgan fingerprint density at radius 2 is 1.91 bits per heavy atom. The molecular weight excluding hydrogens is 453 g/mol. The molecule has 33 heavy (non-hydrogen) atoms.